The molecule has 2 aliphatic rings. The molecule has 1 aliphatic carbocycles. The highest BCUT2D eigenvalue weighted by atomic mass is 32.2. The van der Waals surface area contributed by atoms with E-state index in [-0.39, 0.29) is 50.5 Å². The number of hydrogen-bond donors (Lipinski definition) is 3. The van der Waals surface area contributed by atoms with Crippen LogP contribution in [0.1, 0.15) is 114 Å². The number of carbonyl (C=O) groups is 6. The average molecular weight is 1020 g/mol. The molecule has 0 bridgehead atoms. The molecular weight excluding hydrogens is 973 g/mol. The lowest BCUT2D eigenvalue weighted by Crippen LogP contribution is -2.42. The van der Waals surface area contributed by atoms with Gasteiger partial charge < -0.3 is 24.8 Å². The Kier molecular flexibility index (Phi) is 14.5. The predicted molar refractivity (Wildman–Crippen MR) is 261 cm³/mol. The lowest BCUT2D eigenvalue weighted by atomic mass is 9.61. The predicted octanol–water partition coefficient (Wildman–Crippen LogP) is 7.11. The van der Waals surface area contributed by atoms with Crippen LogP contribution in [0.3, 0.4) is 0 Å². The third-order valence-electron chi connectivity index (χ3n) is 12.7. The molecule has 0 fully saturated rings. The topological polar surface area (TPSA) is 301 Å². The molecule has 5 aromatic rings. The van der Waals surface area contributed by atoms with Crippen LogP contribution in [0.5, 0.6) is 0 Å². The number of fused-ring (bicyclic) bond motifs is 6. The van der Waals surface area contributed by atoms with Crippen molar-refractivity contribution in [2.24, 2.45) is 0 Å². The van der Waals surface area contributed by atoms with Gasteiger partial charge in [-0.15, -0.1) is 0 Å². The highest BCUT2D eigenvalue weighted by Crippen LogP contribution is 2.57. The molecule has 7 rings (SSSR count). The maximum atomic E-state index is 13.9. The molecule has 1 spiro atoms. The summed E-state index contributed by atoms with van der Waals surface area (Å²) in [6, 6.07) is 21.6. The number of nitro groups is 2. The first-order valence-corrected chi connectivity index (χ1v) is 24.1. The summed E-state index contributed by atoms with van der Waals surface area (Å²) in [6.07, 6.45) is -1.23. The van der Waals surface area contributed by atoms with Crippen LogP contribution in [0, 0.1) is 20.2 Å². The first-order chi connectivity index (χ1) is 34.4. The van der Waals surface area contributed by atoms with Crippen molar-refractivity contribution in [3.63, 3.8) is 0 Å². The summed E-state index contributed by atoms with van der Waals surface area (Å²) in [5.41, 5.74) is -0.227. The maximum Gasteiger partial charge on any atom is 0.414 e. The van der Waals surface area contributed by atoms with E-state index in [9.17, 15) is 57.4 Å². The van der Waals surface area contributed by atoms with Gasteiger partial charge in [-0.2, -0.15) is 8.42 Å². The van der Waals surface area contributed by atoms with Gasteiger partial charge in [0.2, 0.25) is 0 Å². The highest BCUT2D eigenvalue weighted by Gasteiger charge is 2.56. The van der Waals surface area contributed by atoms with E-state index in [4.69, 9.17) is 18.8 Å². The molecule has 5 aromatic carbocycles. The van der Waals surface area contributed by atoms with Crippen LogP contribution in [0.4, 0.5) is 32.3 Å². The number of rotatable bonds is 16. The molecular formula is C50H48N6O16S. The summed E-state index contributed by atoms with van der Waals surface area (Å²) in [5, 5.41) is 28.9. The van der Waals surface area contributed by atoms with Crippen molar-refractivity contribution in [3.8, 4) is 0 Å². The van der Waals surface area contributed by atoms with Gasteiger partial charge >= 0.3 is 18.2 Å². The Morgan fingerprint density at radius 2 is 1.12 bits per heavy atom. The normalized spacial score (nSPS) is 14.9. The number of ether oxygens (including phenoxy) is 3. The number of nitrogens with one attached hydrogen (secondary N) is 2. The van der Waals surface area contributed by atoms with Gasteiger partial charge in [0.1, 0.15) is 13.2 Å². The molecule has 73 heavy (non-hydrogen) atoms. The van der Waals surface area contributed by atoms with Crippen molar-refractivity contribution >= 4 is 68.6 Å². The summed E-state index contributed by atoms with van der Waals surface area (Å²) < 4.78 is 48.7. The summed E-state index contributed by atoms with van der Waals surface area (Å²) in [4.78, 5) is 104. The van der Waals surface area contributed by atoms with E-state index in [0.717, 1.165) is 29.2 Å². The summed E-state index contributed by atoms with van der Waals surface area (Å²) in [5.74, 6) is -3.05. The largest absolute Gasteiger partial charge is 0.444 e. The Labute approximate surface area is 417 Å². The average Bonchev–Trinajstić information content (AvgIpc) is 3.65. The summed E-state index contributed by atoms with van der Waals surface area (Å²) in [6.45, 7) is 5.66. The second kappa shape index (κ2) is 20.3. The van der Waals surface area contributed by atoms with Crippen LogP contribution in [-0.4, -0.2) is 91.5 Å². The van der Waals surface area contributed by atoms with Gasteiger partial charge in [0.25, 0.3) is 33.3 Å². The Balaban J connectivity index is 1.22. The van der Waals surface area contributed by atoms with Gasteiger partial charge in [-0.05, 0) is 79.1 Å². The third-order valence-corrected chi connectivity index (χ3v) is 13.4. The third kappa shape index (κ3) is 10.3. The van der Waals surface area contributed by atoms with Crippen LogP contribution < -0.4 is 20.4 Å². The number of Topliss-reactive ketones (excluding diaryl/α,β-unsaturated/α-hetero) is 1. The number of ketones is 1. The Morgan fingerprint density at radius 3 is 1.56 bits per heavy atom. The fourth-order valence-electron chi connectivity index (χ4n) is 8.77. The number of benzene rings is 5. The van der Waals surface area contributed by atoms with E-state index in [0.29, 0.717) is 46.5 Å². The van der Waals surface area contributed by atoms with Gasteiger partial charge in [0.15, 0.2) is 11.4 Å². The van der Waals surface area contributed by atoms with Crippen molar-refractivity contribution in [2.45, 2.75) is 58.3 Å². The van der Waals surface area contributed by atoms with Crippen LogP contribution in [0.25, 0.3) is 0 Å². The van der Waals surface area contributed by atoms with E-state index in [1.54, 1.807) is 48.5 Å². The molecule has 23 heteroatoms. The lowest BCUT2D eigenvalue weighted by molar-refractivity contribution is -0.386. The Hall–Kier alpha value is -8.57. The smallest absolute Gasteiger partial charge is 0.414 e. The molecule has 4 amide bonds. The van der Waals surface area contributed by atoms with Crippen molar-refractivity contribution in [2.75, 3.05) is 42.7 Å². The minimum atomic E-state index is -4.39. The van der Waals surface area contributed by atoms with E-state index in [2.05, 4.69) is 10.6 Å². The Bertz CT molecular complexity index is 3280. The van der Waals surface area contributed by atoms with E-state index in [1.807, 2.05) is 20.8 Å². The van der Waals surface area contributed by atoms with Crippen LogP contribution in [-0.2, 0) is 48.6 Å². The number of hydrogen-bond acceptors (Lipinski definition) is 15. The molecule has 0 saturated carbocycles. The number of nitro benzene ring substituents is 2. The van der Waals surface area contributed by atoms with E-state index < -0.39 is 92.1 Å². The number of esters is 1. The quantitative estimate of drug-likeness (QED) is 0.0221. The fourth-order valence-corrected chi connectivity index (χ4v) is 9.13. The molecule has 0 radical (unpaired) electrons. The fraction of sp³-hybridized carbons (Fsp3) is 0.280. The van der Waals surface area contributed by atoms with Gasteiger partial charge in [-0.1, -0.05) is 45.0 Å². The molecule has 0 saturated heterocycles. The van der Waals surface area contributed by atoms with Crippen LogP contribution in [0.15, 0.2) is 91.0 Å². The van der Waals surface area contributed by atoms with Crippen molar-refractivity contribution in [3.05, 3.63) is 172 Å². The van der Waals surface area contributed by atoms with Crippen LogP contribution >= 0.6 is 0 Å². The second-order valence-corrected chi connectivity index (χ2v) is 19.3. The van der Waals surface area contributed by atoms with Crippen LogP contribution in [0.2, 0.25) is 0 Å². The van der Waals surface area contributed by atoms with Crippen molar-refractivity contribution in [1.29, 1.82) is 0 Å². The zero-order valence-corrected chi connectivity index (χ0v) is 41.0. The SMILES string of the molecule is CCCNC(=O)c1ccc([N+](=O)[O-])c(COC(=O)N(C)c2ccc3c(c2)C(C)(C)c2cc(N(C)C(=O)OCc4cc(C(=O)NCCS(=O)(=O)O)ccc4[N+](=O)[O-])ccc2C32OC(=O)c3cc(C(C)=O)ccc32)c1. The Morgan fingerprint density at radius 1 is 0.671 bits per heavy atom. The number of amides is 4. The van der Waals surface area contributed by atoms with E-state index in [1.165, 1.54) is 44.1 Å². The van der Waals surface area contributed by atoms with E-state index >= 15 is 0 Å². The first-order valence-electron chi connectivity index (χ1n) is 22.5. The summed E-state index contributed by atoms with van der Waals surface area (Å²) >= 11 is 0. The van der Waals surface area contributed by atoms with Gasteiger partial charge in [-0.25, -0.2) is 14.4 Å². The first kappa shape index (κ1) is 52.3. The molecule has 1 unspecified atom stereocenters. The molecule has 1 aliphatic heterocycles. The zero-order valence-electron chi connectivity index (χ0n) is 40.2. The lowest BCUT2D eigenvalue weighted by Gasteiger charge is -2.45. The van der Waals surface area contributed by atoms with Crippen molar-refractivity contribution in [1.82, 2.24) is 10.6 Å². The minimum absolute atomic E-state index is 0.0196. The monoisotopic (exact) mass is 1020 g/mol. The number of nitrogens with zero attached hydrogens (tertiary/aromatic N) is 4. The van der Waals surface area contributed by atoms with Crippen molar-refractivity contribution < 1.29 is 65.8 Å². The highest BCUT2D eigenvalue weighted by molar-refractivity contribution is 7.85. The minimum Gasteiger partial charge on any atom is -0.444 e. The number of carbonyl (C=O) groups excluding carboxylic acids is 6. The molecule has 3 N–H and O–H groups in total. The molecule has 0 aromatic heterocycles. The van der Waals surface area contributed by atoms with Gasteiger partial charge in [-0.3, -0.25) is 49.0 Å². The second-order valence-electron chi connectivity index (χ2n) is 17.7. The summed E-state index contributed by atoms with van der Waals surface area (Å²) in [7, 11) is -1.58. The molecule has 1 heterocycles. The maximum absolute atomic E-state index is 13.9. The zero-order chi connectivity index (χ0) is 53.3. The molecule has 22 nitrogen and oxygen atoms in total. The van der Waals surface area contributed by atoms with Gasteiger partial charge in [0, 0.05) is 89.5 Å². The molecule has 380 valence electrons. The number of anilines is 2. The standard InChI is InChI=1S/C50H48N6O16S/c1-7-18-51-44(58)30-9-16-42(55(63)64)32(21-30)26-70-47(61)53(5)34-11-14-38-40(24-34)49(3,4)41-25-35(12-15-39(41)50(38)37-13-8-29(28(2)57)23-36(37)46(60)72-50)54(6)48(62)71-27-33-22-31(10-17-43(33)56(65)66)45(59)52-19-20-73(67,68)69/h8-17,21-25H,7,18-20,26-27H2,1-6H3,(H,51,58)(H,52,59)(H,67,68,69). The van der Waals surface area contributed by atoms with Gasteiger partial charge in [0.05, 0.1) is 32.3 Å². The molecule has 1 atom stereocenters.